The molecule has 3 heterocycles. The molecule has 0 saturated carbocycles. The van der Waals surface area contributed by atoms with E-state index >= 15 is 0 Å². The van der Waals surface area contributed by atoms with Gasteiger partial charge in [-0.05, 0) is 30.7 Å². The van der Waals surface area contributed by atoms with Gasteiger partial charge in [-0.15, -0.1) is 0 Å². The van der Waals surface area contributed by atoms with Gasteiger partial charge in [0.25, 0.3) is 0 Å². The number of halogens is 1. The van der Waals surface area contributed by atoms with Crippen LogP contribution in [0, 0.1) is 5.92 Å². The Hall–Kier alpha value is -2.05. The topological polar surface area (TPSA) is 38.8 Å². The summed E-state index contributed by atoms with van der Waals surface area (Å²) in [6, 6.07) is 19.9. The first-order chi connectivity index (χ1) is 15.2. The van der Waals surface area contributed by atoms with Crippen molar-refractivity contribution in [3.05, 3.63) is 60.7 Å². The third-order valence-electron chi connectivity index (χ3n) is 6.89. The van der Waals surface area contributed by atoms with Crippen LogP contribution in [0.3, 0.4) is 0 Å². The lowest BCUT2D eigenvalue weighted by molar-refractivity contribution is -0.946. The van der Waals surface area contributed by atoms with Gasteiger partial charge in [0, 0.05) is 31.0 Å². The average Bonchev–Trinajstić information content (AvgIpc) is 2.81. The molecule has 3 saturated heterocycles. The summed E-state index contributed by atoms with van der Waals surface area (Å²) in [5.41, 5.74) is 0.919. The quantitative estimate of drug-likeness (QED) is 0.493. The number of piperidine rings is 3. The molecule has 2 aromatic carbocycles. The van der Waals surface area contributed by atoms with Gasteiger partial charge in [0.1, 0.15) is 25.4 Å². The molecule has 0 spiro atoms. The highest BCUT2D eigenvalue weighted by Gasteiger charge is 2.47. The van der Waals surface area contributed by atoms with Crippen molar-refractivity contribution in [3.8, 4) is 5.75 Å². The Kier molecular flexibility index (Phi) is 9.00. The molecule has 5 nitrogen and oxygen atoms in total. The number of benzene rings is 2. The first-order valence-corrected chi connectivity index (χ1v) is 11.8. The number of fused-ring (bicyclic) bond motifs is 3. The molecule has 32 heavy (non-hydrogen) atoms. The molecule has 0 aromatic heterocycles. The minimum absolute atomic E-state index is 0. The molecule has 3 fully saturated rings. The van der Waals surface area contributed by atoms with Crippen molar-refractivity contribution < 1.29 is 35.7 Å². The number of amides is 1. The van der Waals surface area contributed by atoms with E-state index in [0.29, 0.717) is 19.1 Å². The van der Waals surface area contributed by atoms with E-state index in [1.165, 1.54) is 0 Å². The Morgan fingerprint density at radius 3 is 2.34 bits per heavy atom. The first-order valence-electron chi connectivity index (χ1n) is 11.8. The van der Waals surface area contributed by atoms with E-state index in [1.807, 2.05) is 65.6 Å². The number of carbonyl (C=O) groups excluding carboxylic acids is 1. The van der Waals surface area contributed by atoms with E-state index in [9.17, 15) is 4.79 Å². The van der Waals surface area contributed by atoms with Gasteiger partial charge >= 0.3 is 6.09 Å². The first kappa shape index (κ1) is 24.6. The molecule has 0 unspecified atom stereocenters. The number of rotatable bonds is 9. The van der Waals surface area contributed by atoms with Crippen molar-refractivity contribution in [2.75, 3.05) is 44.2 Å². The maximum absolute atomic E-state index is 13.2. The lowest BCUT2D eigenvalue weighted by Gasteiger charge is -2.52. The fourth-order valence-electron chi connectivity index (χ4n) is 4.99. The standard InChI is InChI=1S/C26H35N2O3.BrH/c1-2-3-16-27(23-10-6-4-7-11-23)26(29)31-25-21-28(17-14-22(25)15-18-28)19-20-30-24-12-8-5-9-13-24;/h4-13,22,25H,2-3,14-21H2,1H3;1H/q+1;/p-1/t22?,25-,28?;/m0./s1. The molecule has 1 amide bonds. The highest BCUT2D eigenvalue weighted by atomic mass is 79.9. The summed E-state index contributed by atoms with van der Waals surface area (Å²) in [6.45, 7) is 7.74. The summed E-state index contributed by atoms with van der Waals surface area (Å²) < 4.78 is 13.1. The van der Waals surface area contributed by atoms with E-state index in [-0.39, 0.29) is 29.2 Å². The van der Waals surface area contributed by atoms with Crippen molar-refractivity contribution in [1.29, 1.82) is 0 Å². The zero-order valence-electron chi connectivity index (χ0n) is 19.0. The Bertz CT molecular complexity index is 825. The van der Waals surface area contributed by atoms with Gasteiger partial charge < -0.3 is 30.9 Å². The van der Waals surface area contributed by atoms with Crippen molar-refractivity contribution in [2.45, 2.75) is 38.7 Å². The zero-order valence-corrected chi connectivity index (χ0v) is 20.6. The molecule has 2 bridgehead atoms. The fraction of sp³-hybridized carbons (Fsp3) is 0.500. The Balaban J connectivity index is 0.00000289. The molecule has 174 valence electrons. The summed E-state index contributed by atoms with van der Waals surface area (Å²) >= 11 is 0. The van der Waals surface area contributed by atoms with Gasteiger partial charge in [-0.3, -0.25) is 4.90 Å². The van der Waals surface area contributed by atoms with E-state index in [1.54, 1.807) is 0 Å². The number of hydrogen-bond acceptors (Lipinski definition) is 3. The van der Waals surface area contributed by atoms with Crippen LogP contribution in [0.1, 0.15) is 32.6 Å². The third-order valence-corrected chi connectivity index (χ3v) is 6.89. The van der Waals surface area contributed by atoms with Crippen LogP contribution in [-0.4, -0.2) is 56.0 Å². The van der Waals surface area contributed by atoms with Gasteiger partial charge in [-0.2, -0.15) is 0 Å². The lowest BCUT2D eigenvalue weighted by atomic mass is 9.83. The Morgan fingerprint density at radius 1 is 1.03 bits per heavy atom. The normalized spacial score (nSPS) is 23.8. The molecule has 0 radical (unpaired) electrons. The van der Waals surface area contributed by atoms with Crippen LogP contribution in [0.15, 0.2) is 60.7 Å². The smallest absolute Gasteiger partial charge is 0.414 e. The van der Waals surface area contributed by atoms with Gasteiger partial charge in [-0.25, -0.2) is 4.79 Å². The second-order valence-corrected chi connectivity index (χ2v) is 8.96. The SMILES string of the molecule is CCCCN(C(=O)O[C@H]1C[N+]2(CCOc3ccccc3)CCC1CC2)c1ccccc1.[Br-]. The Morgan fingerprint density at radius 2 is 1.69 bits per heavy atom. The average molecular weight is 503 g/mol. The van der Waals surface area contributed by atoms with E-state index < -0.39 is 0 Å². The van der Waals surface area contributed by atoms with Gasteiger partial charge in [0.15, 0.2) is 6.10 Å². The number of para-hydroxylation sites is 2. The monoisotopic (exact) mass is 502 g/mol. The van der Waals surface area contributed by atoms with Crippen LogP contribution in [0.2, 0.25) is 0 Å². The van der Waals surface area contributed by atoms with Crippen molar-refractivity contribution >= 4 is 11.8 Å². The maximum atomic E-state index is 13.2. The van der Waals surface area contributed by atoms with E-state index in [0.717, 1.165) is 67.8 Å². The number of quaternary nitrogens is 1. The highest BCUT2D eigenvalue weighted by molar-refractivity contribution is 5.87. The summed E-state index contributed by atoms with van der Waals surface area (Å²) in [5, 5.41) is 0. The summed E-state index contributed by atoms with van der Waals surface area (Å²) in [7, 11) is 0. The van der Waals surface area contributed by atoms with Crippen LogP contribution < -0.4 is 26.6 Å². The summed E-state index contributed by atoms with van der Waals surface area (Å²) in [4.78, 5) is 15.0. The second kappa shape index (κ2) is 11.7. The molecule has 1 atom stereocenters. The van der Waals surface area contributed by atoms with Crippen LogP contribution in [0.25, 0.3) is 0 Å². The largest absolute Gasteiger partial charge is 1.00 e. The molecular weight excluding hydrogens is 468 g/mol. The molecular formula is C26H35BrN2O3. The van der Waals surface area contributed by atoms with Gasteiger partial charge in [-0.1, -0.05) is 49.7 Å². The van der Waals surface area contributed by atoms with Crippen LogP contribution in [-0.2, 0) is 4.74 Å². The maximum Gasteiger partial charge on any atom is 0.414 e. The summed E-state index contributed by atoms with van der Waals surface area (Å²) in [6.07, 6.45) is 4.07. The molecule has 5 rings (SSSR count). The lowest BCUT2D eigenvalue weighted by Crippen LogP contribution is -3.00. The number of unbranched alkanes of at least 4 members (excludes halogenated alkanes) is 1. The van der Waals surface area contributed by atoms with Crippen molar-refractivity contribution in [1.82, 2.24) is 0 Å². The predicted molar refractivity (Wildman–Crippen MR) is 123 cm³/mol. The van der Waals surface area contributed by atoms with Crippen LogP contribution in [0.5, 0.6) is 5.75 Å². The van der Waals surface area contributed by atoms with E-state index in [2.05, 4.69) is 6.92 Å². The van der Waals surface area contributed by atoms with E-state index in [4.69, 9.17) is 9.47 Å². The van der Waals surface area contributed by atoms with Gasteiger partial charge in [0.2, 0.25) is 0 Å². The number of carbonyl (C=O) groups is 1. The number of anilines is 1. The van der Waals surface area contributed by atoms with Gasteiger partial charge in [0.05, 0.1) is 13.1 Å². The molecule has 6 heteroatoms. The predicted octanol–water partition coefficient (Wildman–Crippen LogP) is 2.12. The number of ether oxygens (including phenoxy) is 2. The molecule has 0 aliphatic carbocycles. The van der Waals surface area contributed by atoms with Crippen molar-refractivity contribution in [3.63, 3.8) is 0 Å². The number of hydrogen-bond donors (Lipinski definition) is 0. The summed E-state index contributed by atoms with van der Waals surface area (Å²) in [5.74, 6) is 1.41. The minimum atomic E-state index is -0.197. The number of nitrogens with zero attached hydrogens (tertiary/aromatic N) is 2. The second-order valence-electron chi connectivity index (χ2n) is 8.96. The zero-order chi connectivity index (χ0) is 21.5. The Labute approximate surface area is 202 Å². The van der Waals surface area contributed by atoms with Crippen LogP contribution >= 0.6 is 0 Å². The highest BCUT2D eigenvalue weighted by Crippen LogP contribution is 2.36. The van der Waals surface area contributed by atoms with Crippen molar-refractivity contribution in [2.24, 2.45) is 5.92 Å². The van der Waals surface area contributed by atoms with Crippen LogP contribution in [0.4, 0.5) is 10.5 Å². The molecule has 3 aliphatic rings. The molecule has 3 aliphatic heterocycles. The molecule has 0 N–H and O–H groups in total. The minimum Gasteiger partial charge on any atom is -1.00 e. The fourth-order valence-corrected chi connectivity index (χ4v) is 4.99. The third kappa shape index (κ3) is 6.04. The molecule has 2 aromatic rings.